The molecule has 0 saturated heterocycles. The van der Waals surface area contributed by atoms with E-state index in [1.54, 1.807) is 0 Å². The Hall–Kier alpha value is -5.57. The Kier molecular flexibility index (Phi) is 12.3. The maximum absolute atomic E-state index is 9.11. The number of para-hydroxylation sites is 1. The molecule has 67 heavy (non-hydrogen) atoms. The summed E-state index contributed by atoms with van der Waals surface area (Å²) in [4.78, 5) is 10.4. The number of hydrogen-bond acceptors (Lipinski definition) is 3. The van der Waals surface area contributed by atoms with Gasteiger partial charge in [0.15, 0.2) is 0 Å². The minimum atomic E-state index is -2.49. The van der Waals surface area contributed by atoms with E-state index >= 15 is 0 Å². The van der Waals surface area contributed by atoms with E-state index in [4.69, 9.17) is 18.8 Å². The molecule has 0 radical (unpaired) electrons. The molecule has 8 aromatic rings. The number of aromatic nitrogens is 3. The van der Waals surface area contributed by atoms with Gasteiger partial charge in [-0.15, -0.1) is 29.3 Å². The summed E-state index contributed by atoms with van der Waals surface area (Å²) in [7, 11) is 3.88. The number of fused-ring (bicyclic) bond motifs is 1. The van der Waals surface area contributed by atoms with Crippen LogP contribution in [0.2, 0.25) is 0 Å². The first-order chi connectivity index (χ1) is 32.1. The van der Waals surface area contributed by atoms with Crippen LogP contribution in [0.4, 0.5) is 0 Å². The minimum Gasteiger partial charge on any atom is -0.665 e. The average Bonchev–Trinajstić information content (AvgIpc) is 3.66. The Labute approximate surface area is 419 Å². The second-order valence-electron chi connectivity index (χ2n) is 22.3. The van der Waals surface area contributed by atoms with E-state index in [9.17, 15) is 0 Å². The van der Waals surface area contributed by atoms with Crippen molar-refractivity contribution in [3.8, 4) is 67.5 Å². The Morgan fingerprint density at radius 2 is 1.16 bits per heavy atom. The van der Waals surface area contributed by atoms with E-state index < -0.39 is 6.85 Å². The average molecular weight is 1070 g/mol. The minimum absolute atomic E-state index is 0. The Bertz CT molecular complexity index is 3210. The van der Waals surface area contributed by atoms with Crippen molar-refractivity contribution in [3.05, 3.63) is 174 Å². The standard InChI is InChI=1S/C62H67N3O.Pt/c1-38-28-40(3)57(66-16)52(29-38)58-64-56-51(45-31-46(35-48(34-45)60(7,8)9)53-36-43(26-27-63-53)41-20-23-47(24-21-41)59(4,5)6)18-17-19-55(56)65(58)54-25-22-42(30-39(54)2)44-32-49(61(10,11)12)37-50(33-44)62(13,14)15;/h17-30,32-37H,16H2,1-15H3;/q-2;+2/i2D3;. The van der Waals surface area contributed by atoms with Crippen LogP contribution in [0.1, 0.15) is 126 Å². The Balaban J connectivity index is 0.00000722. The third kappa shape index (κ3) is 10.0. The number of ether oxygens (including phenoxy) is 1. The van der Waals surface area contributed by atoms with E-state index in [0.29, 0.717) is 28.3 Å². The molecular weight excluding hydrogens is 998 g/mol. The largest absolute Gasteiger partial charge is 2.00 e. The van der Waals surface area contributed by atoms with Gasteiger partial charge in [0.25, 0.3) is 0 Å². The molecule has 6 aromatic carbocycles. The fourth-order valence-corrected chi connectivity index (χ4v) is 8.83. The summed E-state index contributed by atoms with van der Waals surface area (Å²) in [6.07, 6.45) is 1.87. The molecular formula is C62H67N3OPt. The van der Waals surface area contributed by atoms with Gasteiger partial charge in [-0.25, -0.2) is 4.98 Å². The summed E-state index contributed by atoms with van der Waals surface area (Å²) in [5, 5.41) is 0. The second kappa shape index (κ2) is 18.2. The van der Waals surface area contributed by atoms with Crippen LogP contribution in [0.15, 0.2) is 121 Å². The molecule has 8 rings (SSSR count). The van der Waals surface area contributed by atoms with Gasteiger partial charge in [-0.05, 0) is 128 Å². The molecule has 0 N–H and O–H groups in total. The van der Waals surface area contributed by atoms with Crippen molar-refractivity contribution in [1.82, 2.24) is 14.5 Å². The molecule has 0 aliphatic carbocycles. The molecule has 0 unspecified atom stereocenters. The molecule has 0 aliphatic heterocycles. The van der Waals surface area contributed by atoms with Crippen molar-refractivity contribution in [2.24, 2.45) is 0 Å². The van der Waals surface area contributed by atoms with E-state index in [-0.39, 0.29) is 48.3 Å². The van der Waals surface area contributed by atoms with E-state index in [2.05, 4.69) is 175 Å². The zero-order chi connectivity index (χ0) is 50.2. The van der Waals surface area contributed by atoms with Gasteiger partial charge in [-0.3, -0.25) is 9.55 Å². The predicted molar refractivity (Wildman–Crippen MR) is 280 cm³/mol. The normalized spacial score (nSPS) is 13.2. The van der Waals surface area contributed by atoms with Gasteiger partial charge in [0.1, 0.15) is 5.82 Å². The van der Waals surface area contributed by atoms with Crippen LogP contribution in [-0.2, 0) is 42.7 Å². The second-order valence-corrected chi connectivity index (χ2v) is 22.3. The zero-order valence-electron chi connectivity index (χ0n) is 44.8. The molecule has 0 fully saturated rings. The van der Waals surface area contributed by atoms with Gasteiger partial charge >= 0.3 is 21.1 Å². The van der Waals surface area contributed by atoms with Crippen LogP contribution in [0, 0.1) is 33.9 Å². The smallest absolute Gasteiger partial charge is 0.665 e. The molecule has 5 heteroatoms. The van der Waals surface area contributed by atoms with Crippen LogP contribution in [-0.4, -0.2) is 14.5 Å². The van der Waals surface area contributed by atoms with Crippen molar-refractivity contribution in [1.29, 1.82) is 0 Å². The topological polar surface area (TPSA) is 39.9 Å². The predicted octanol–water partition coefficient (Wildman–Crippen LogP) is 16.8. The summed E-state index contributed by atoms with van der Waals surface area (Å²) in [6, 6.07) is 44.0. The van der Waals surface area contributed by atoms with Gasteiger partial charge in [0.05, 0.1) is 28.0 Å². The third-order valence-electron chi connectivity index (χ3n) is 12.9. The maximum atomic E-state index is 9.11. The van der Waals surface area contributed by atoms with Gasteiger partial charge in [-0.1, -0.05) is 167 Å². The van der Waals surface area contributed by atoms with Gasteiger partial charge in [-0.2, -0.15) is 7.11 Å². The molecule has 0 spiro atoms. The van der Waals surface area contributed by atoms with Crippen molar-refractivity contribution >= 4 is 11.0 Å². The number of aryl methyl sites for hydroxylation is 3. The molecule has 2 heterocycles. The fraction of sp³-hybridized carbons (Fsp3) is 0.306. The summed E-state index contributed by atoms with van der Waals surface area (Å²) in [6.45, 7) is 28.2. The molecule has 0 bridgehead atoms. The molecule has 346 valence electrons. The van der Waals surface area contributed by atoms with Crippen LogP contribution in [0.25, 0.3) is 72.7 Å². The van der Waals surface area contributed by atoms with Crippen LogP contribution in [0.5, 0.6) is 5.75 Å². The summed E-state index contributed by atoms with van der Waals surface area (Å²) in [5.41, 5.74) is 16.6. The molecule has 0 amide bonds. The number of nitrogens with zero attached hydrogens (tertiary/aromatic N) is 3. The monoisotopic (exact) mass is 1070 g/mol. The fourth-order valence-electron chi connectivity index (χ4n) is 8.83. The first kappa shape index (κ1) is 45.2. The summed E-state index contributed by atoms with van der Waals surface area (Å²) < 4.78 is 35.2. The number of rotatable bonds is 7. The van der Waals surface area contributed by atoms with Crippen LogP contribution in [0.3, 0.4) is 0 Å². The number of imidazole rings is 1. The third-order valence-corrected chi connectivity index (χ3v) is 12.9. The first-order valence-corrected chi connectivity index (χ1v) is 23.1. The quantitative estimate of drug-likeness (QED) is 0.149. The van der Waals surface area contributed by atoms with Gasteiger partial charge < -0.3 is 4.74 Å². The summed E-state index contributed by atoms with van der Waals surface area (Å²) in [5.74, 6) is 1.12. The zero-order valence-corrected chi connectivity index (χ0v) is 44.1. The van der Waals surface area contributed by atoms with Gasteiger partial charge in [0, 0.05) is 16.0 Å². The van der Waals surface area contributed by atoms with E-state index in [1.807, 2.05) is 61.0 Å². The van der Waals surface area contributed by atoms with Crippen molar-refractivity contribution in [2.45, 2.75) is 125 Å². The van der Waals surface area contributed by atoms with Crippen LogP contribution < -0.4 is 4.74 Å². The maximum Gasteiger partial charge on any atom is 2.00 e. The van der Waals surface area contributed by atoms with Gasteiger partial charge in [0.2, 0.25) is 0 Å². The molecule has 0 atom stereocenters. The SMILES string of the molecule is [2H]C([2H])([2H])c1cc(-c2cc(C(C)(C)C)cc(C(C)(C)C)c2)ccc1-n1c(-c2cc(C)cc(C)c2O[CH2-])nc2c(-c3[c-]c(-c4cc(-c5ccc(C(C)(C)C)cc5)ccn4)cc(C(C)(C)C)c3)cccc21.[Pt+2]. The van der Waals surface area contributed by atoms with E-state index in [0.717, 1.165) is 66.8 Å². The van der Waals surface area contributed by atoms with Crippen molar-refractivity contribution in [3.63, 3.8) is 0 Å². The van der Waals surface area contributed by atoms with E-state index in [1.165, 1.54) is 16.7 Å². The molecule has 0 aliphatic rings. The Morgan fingerprint density at radius 1 is 0.567 bits per heavy atom. The first-order valence-electron chi connectivity index (χ1n) is 24.6. The molecule has 0 saturated carbocycles. The number of hydrogen-bond donors (Lipinski definition) is 0. The van der Waals surface area contributed by atoms with Crippen LogP contribution >= 0.6 is 0 Å². The van der Waals surface area contributed by atoms with Crippen molar-refractivity contribution in [2.75, 3.05) is 0 Å². The van der Waals surface area contributed by atoms with Crippen molar-refractivity contribution < 1.29 is 29.9 Å². The molecule has 4 nitrogen and oxygen atoms in total. The molecule has 2 aromatic heterocycles. The summed E-state index contributed by atoms with van der Waals surface area (Å²) >= 11 is 0. The number of pyridine rings is 1. The number of benzene rings is 6. The Morgan fingerprint density at radius 3 is 1.78 bits per heavy atom.